The van der Waals surface area contributed by atoms with E-state index < -0.39 is 97.5 Å². The summed E-state index contributed by atoms with van der Waals surface area (Å²) < 4.78 is 68.3. The molecule has 17 nitrogen and oxygen atoms in total. The number of phosphoric acid groups is 2. The van der Waals surface area contributed by atoms with Crippen LogP contribution in [0.2, 0.25) is 0 Å². The molecule has 0 bridgehead atoms. The normalized spacial score (nSPS) is 14.1. The second-order valence-electron chi connectivity index (χ2n) is 27.3. The summed E-state index contributed by atoms with van der Waals surface area (Å²) >= 11 is 0. The van der Waals surface area contributed by atoms with Crippen molar-refractivity contribution in [1.82, 2.24) is 0 Å². The molecule has 0 spiro atoms. The average molecular weight is 1350 g/mol. The molecule has 0 amide bonds. The van der Waals surface area contributed by atoms with Gasteiger partial charge in [-0.25, -0.2) is 9.13 Å². The number of esters is 4. The van der Waals surface area contributed by atoms with Crippen LogP contribution >= 0.6 is 15.6 Å². The molecule has 5 atom stereocenters. The predicted molar refractivity (Wildman–Crippen MR) is 372 cm³/mol. The molecule has 19 heteroatoms. The van der Waals surface area contributed by atoms with Crippen molar-refractivity contribution in [1.29, 1.82) is 0 Å². The van der Waals surface area contributed by atoms with E-state index in [2.05, 4.69) is 41.5 Å². The topological polar surface area (TPSA) is 237 Å². The number of aliphatic hydroxyl groups is 1. The van der Waals surface area contributed by atoms with Gasteiger partial charge in [0.25, 0.3) is 0 Å². The van der Waals surface area contributed by atoms with Crippen molar-refractivity contribution < 1.29 is 80.2 Å². The van der Waals surface area contributed by atoms with Crippen LogP contribution in [0.25, 0.3) is 0 Å². The lowest BCUT2D eigenvalue weighted by Gasteiger charge is -2.21. The number of carbonyl (C=O) groups is 4. The molecular weight excluding hydrogens is 1210 g/mol. The second kappa shape index (κ2) is 65.0. The van der Waals surface area contributed by atoms with Gasteiger partial charge in [-0.2, -0.15) is 0 Å². The quantitative estimate of drug-likeness (QED) is 0.0222. The summed E-state index contributed by atoms with van der Waals surface area (Å²) in [6.07, 6.45) is 51.5. The maximum absolute atomic E-state index is 13.1. The molecule has 92 heavy (non-hydrogen) atoms. The zero-order chi connectivity index (χ0) is 67.9. The van der Waals surface area contributed by atoms with Crippen LogP contribution < -0.4 is 0 Å². The third-order valence-electron chi connectivity index (χ3n) is 17.0. The third-order valence-corrected chi connectivity index (χ3v) is 18.9. The van der Waals surface area contributed by atoms with Gasteiger partial charge >= 0.3 is 39.5 Å². The fourth-order valence-electron chi connectivity index (χ4n) is 11.1. The zero-order valence-corrected chi connectivity index (χ0v) is 61.6. The van der Waals surface area contributed by atoms with Gasteiger partial charge in [0.2, 0.25) is 0 Å². The fourth-order valence-corrected chi connectivity index (χ4v) is 12.7. The molecule has 0 rings (SSSR count). The summed E-state index contributed by atoms with van der Waals surface area (Å²) in [6.45, 7) is 9.52. The molecule has 0 saturated heterocycles. The number of hydrogen-bond acceptors (Lipinski definition) is 15. The van der Waals surface area contributed by atoms with Crippen LogP contribution in [0.4, 0.5) is 0 Å². The van der Waals surface area contributed by atoms with Crippen LogP contribution in [0, 0.1) is 11.8 Å². The number of rotatable bonds is 72. The Labute approximate surface area is 562 Å². The van der Waals surface area contributed by atoms with Gasteiger partial charge < -0.3 is 33.8 Å². The van der Waals surface area contributed by atoms with E-state index in [1.807, 2.05) is 0 Å². The molecule has 3 N–H and O–H groups in total. The maximum Gasteiger partial charge on any atom is 0.472 e. The number of aliphatic hydroxyl groups excluding tert-OH is 1. The molecular formula is C73H142O17P2. The minimum atomic E-state index is -4.95. The highest BCUT2D eigenvalue weighted by atomic mass is 31.2. The Morgan fingerprint density at radius 3 is 0.739 bits per heavy atom. The first-order valence-corrected chi connectivity index (χ1v) is 41.0. The van der Waals surface area contributed by atoms with E-state index in [9.17, 15) is 43.2 Å². The molecule has 0 radical (unpaired) electrons. The van der Waals surface area contributed by atoms with Gasteiger partial charge in [-0.3, -0.25) is 37.3 Å². The number of carbonyl (C=O) groups excluding carboxylic acids is 4. The van der Waals surface area contributed by atoms with Crippen molar-refractivity contribution in [3.63, 3.8) is 0 Å². The van der Waals surface area contributed by atoms with E-state index in [1.165, 1.54) is 180 Å². The van der Waals surface area contributed by atoms with Crippen molar-refractivity contribution in [2.45, 2.75) is 394 Å². The molecule has 546 valence electrons. The molecule has 0 fully saturated rings. The molecule has 0 heterocycles. The van der Waals surface area contributed by atoms with Crippen LogP contribution in [0.15, 0.2) is 0 Å². The number of unbranched alkanes of at least 4 members (excludes halogenated alkanes) is 42. The Hall–Kier alpha value is -1.94. The van der Waals surface area contributed by atoms with E-state index in [1.54, 1.807) is 0 Å². The zero-order valence-electron chi connectivity index (χ0n) is 59.9. The van der Waals surface area contributed by atoms with E-state index >= 15 is 0 Å². The third kappa shape index (κ3) is 66.7. The van der Waals surface area contributed by atoms with Crippen LogP contribution in [0.5, 0.6) is 0 Å². The van der Waals surface area contributed by atoms with Gasteiger partial charge in [0, 0.05) is 25.7 Å². The van der Waals surface area contributed by atoms with E-state index in [0.29, 0.717) is 25.7 Å². The first kappa shape index (κ1) is 90.1. The Morgan fingerprint density at radius 2 is 0.500 bits per heavy atom. The van der Waals surface area contributed by atoms with Crippen LogP contribution in [0.3, 0.4) is 0 Å². The van der Waals surface area contributed by atoms with Crippen molar-refractivity contribution in [2.75, 3.05) is 39.6 Å². The van der Waals surface area contributed by atoms with Crippen molar-refractivity contribution in [3.05, 3.63) is 0 Å². The van der Waals surface area contributed by atoms with Crippen molar-refractivity contribution in [2.24, 2.45) is 11.8 Å². The first-order valence-electron chi connectivity index (χ1n) is 38.0. The summed E-state index contributed by atoms with van der Waals surface area (Å²) in [5, 5.41) is 10.6. The highest BCUT2D eigenvalue weighted by molar-refractivity contribution is 7.47. The SMILES string of the molecule is CCCCCCCCCCCCCCCCCCC(=O)OC[C@H](COP(=O)(O)OC[C@@H](O)COP(=O)(O)OC[C@@H](COC(=O)CCCCCCCCC)OC(=O)CCCCCCCCCCC(C)C)OC(=O)CCCCCCCCCCCCCCCCCC(C)C. The Balaban J connectivity index is 5.19. The number of phosphoric ester groups is 2. The fraction of sp³-hybridized carbons (Fsp3) is 0.945. The van der Waals surface area contributed by atoms with Gasteiger partial charge in [-0.15, -0.1) is 0 Å². The number of hydrogen-bond donors (Lipinski definition) is 3. The van der Waals surface area contributed by atoms with Crippen molar-refractivity contribution in [3.8, 4) is 0 Å². The monoisotopic (exact) mass is 1350 g/mol. The predicted octanol–water partition coefficient (Wildman–Crippen LogP) is 21.2. The largest absolute Gasteiger partial charge is 0.472 e. The summed E-state index contributed by atoms with van der Waals surface area (Å²) in [7, 11) is -9.90. The molecule has 2 unspecified atom stereocenters. The van der Waals surface area contributed by atoms with E-state index in [-0.39, 0.29) is 25.7 Å². The summed E-state index contributed by atoms with van der Waals surface area (Å²) in [6, 6.07) is 0. The molecule has 0 saturated carbocycles. The molecule has 0 aliphatic rings. The lowest BCUT2D eigenvalue weighted by molar-refractivity contribution is -0.161. The van der Waals surface area contributed by atoms with Gasteiger partial charge in [-0.05, 0) is 37.5 Å². The van der Waals surface area contributed by atoms with Gasteiger partial charge in [0.05, 0.1) is 26.4 Å². The highest BCUT2D eigenvalue weighted by Gasteiger charge is 2.30. The molecule has 0 aromatic rings. The average Bonchev–Trinajstić information content (AvgIpc) is 1.80. The minimum Gasteiger partial charge on any atom is -0.462 e. The highest BCUT2D eigenvalue weighted by Crippen LogP contribution is 2.45. The smallest absolute Gasteiger partial charge is 0.462 e. The Morgan fingerprint density at radius 1 is 0.293 bits per heavy atom. The molecule has 0 aromatic carbocycles. The summed E-state index contributed by atoms with van der Waals surface area (Å²) in [5.41, 5.74) is 0. The maximum atomic E-state index is 13.1. The summed E-state index contributed by atoms with van der Waals surface area (Å²) in [4.78, 5) is 72.5. The van der Waals surface area contributed by atoms with Gasteiger partial charge in [0.15, 0.2) is 12.2 Å². The minimum absolute atomic E-state index is 0.104. The van der Waals surface area contributed by atoms with Crippen molar-refractivity contribution >= 4 is 39.5 Å². The molecule has 0 aromatic heterocycles. The number of ether oxygens (including phenoxy) is 4. The lowest BCUT2D eigenvalue weighted by atomic mass is 10.0. The second-order valence-corrected chi connectivity index (χ2v) is 30.2. The van der Waals surface area contributed by atoms with Crippen LogP contribution in [0.1, 0.15) is 375 Å². The van der Waals surface area contributed by atoms with E-state index in [4.69, 9.17) is 37.0 Å². The van der Waals surface area contributed by atoms with Crippen LogP contribution in [-0.2, 0) is 65.4 Å². The van der Waals surface area contributed by atoms with Gasteiger partial charge in [-0.1, -0.05) is 324 Å². The first-order chi connectivity index (χ1) is 44.4. The molecule has 0 aliphatic heterocycles. The summed E-state index contributed by atoms with van der Waals surface area (Å²) in [5.74, 6) is -0.604. The lowest BCUT2D eigenvalue weighted by Crippen LogP contribution is -2.30. The van der Waals surface area contributed by atoms with Crippen LogP contribution in [-0.4, -0.2) is 96.7 Å². The van der Waals surface area contributed by atoms with Gasteiger partial charge in [0.1, 0.15) is 19.3 Å². The Bertz CT molecular complexity index is 1790. The van der Waals surface area contributed by atoms with E-state index in [0.717, 1.165) is 115 Å². The standard InChI is InChI=1S/C73H142O17P2/c1-7-9-11-13-15-16-17-18-19-22-25-28-31-38-44-50-56-71(76)84-62-69(89-72(77)57-51-45-39-32-29-26-23-20-21-24-27-30-36-41-47-53-65(3)4)64-88-92(81,82)86-60-67(74)59-85-91(79,80)87-63-68(61-83-70(75)55-49-43-35-14-12-10-8-2)90-73(78)58-52-46-40-34-33-37-42-48-54-66(5)6/h65-69,74H,7-64H2,1-6H3,(H,79,80)(H,81,82)/t67-,68+,69+/m0/s1. The Kier molecular flexibility index (Phi) is 63.7. The molecule has 0 aliphatic carbocycles.